The largest absolute Gasteiger partial charge is 0.362 e. The van der Waals surface area contributed by atoms with Crippen LogP contribution in [-0.2, 0) is 0 Å². The fraction of sp³-hybridized carbons (Fsp3) is 0.423. The van der Waals surface area contributed by atoms with E-state index in [4.69, 9.17) is 9.97 Å². The SMILES string of the molecule is Cc1cc(Br)cc(C)c1NC(=O)NCC1CCC(Nc2nc(N(C)C)c3ccccc3n2)CC1. The fourth-order valence-electron chi connectivity index (χ4n) is 4.66. The average molecular weight is 525 g/mol. The van der Waals surface area contributed by atoms with Gasteiger partial charge in [0.15, 0.2) is 0 Å². The summed E-state index contributed by atoms with van der Waals surface area (Å²) in [5.74, 6) is 2.09. The van der Waals surface area contributed by atoms with Gasteiger partial charge in [-0.3, -0.25) is 0 Å². The molecule has 0 bridgehead atoms. The Morgan fingerprint density at radius 3 is 2.41 bits per heavy atom. The van der Waals surface area contributed by atoms with Crippen molar-refractivity contribution in [2.45, 2.75) is 45.6 Å². The zero-order valence-electron chi connectivity index (χ0n) is 20.3. The molecule has 1 heterocycles. The first-order valence-corrected chi connectivity index (χ1v) is 12.6. The second-order valence-corrected chi connectivity index (χ2v) is 10.3. The summed E-state index contributed by atoms with van der Waals surface area (Å²) in [5, 5.41) is 10.7. The van der Waals surface area contributed by atoms with Crippen LogP contribution in [0.3, 0.4) is 0 Å². The third-order valence-corrected chi connectivity index (χ3v) is 6.93. The monoisotopic (exact) mass is 524 g/mol. The van der Waals surface area contributed by atoms with E-state index in [9.17, 15) is 4.79 Å². The van der Waals surface area contributed by atoms with E-state index in [1.165, 1.54) is 0 Å². The molecule has 0 unspecified atom stereocenters. The lowest BCUT2D eigenvalue weighted by Crippen LogP contribution is -2.36. The average Bonchev–Trinajstić information content (AvgIpc) is 2.80. The molecule has 0 saturated heterocycles. The van der Waals surface area contributed by atoms with Gasteiger partial charge in [-0.05, 0) is 80.8 Å². The maximum atomic E-state index is 12.5. The van der Waals surface area contributed by atoms with Gasteiger partial charge in [0.1, 0.15) is 5.82 Å². The quantitative estimate of drug-likeness (QED) is 0.375. The highest BCUT2D eigenvalue weighted by Gasteiger charge is 2.23. The molecule has 4 rings (SSSR count). The number of aryl methyl sites for hydroxylation is 2. The van der Waals surface area contributed by atoms with Gasteiger partial charge < -0.3 is 20.9 Å². The van der Waals surface area contributed by atoms with Crippen molar-refractivity contribution in [3.8, 4) is 0 Å². The summed E-state index contributed by atoms with van der Waals surface area (Å²) >= 11 is 3.50. The highest BCUT2D eigenvalue weighted by atomic mass is 79.9. The summed E-state index contributed by atoms with van der Waals surface area (Å²) in [5.41, 5.74) is 3.91. The highest BCUT2D eigenvalue weighted by molar-refractivity contribution is 9.10. The molecule has 1 aromatic heterocycles. The van der Waals surface area contributed by atoms with Gasteiger partial charge in [0.05, 0.1) is 5.52 Å². The van der Waals surface area contributed by atoms with Crippen LogP contribution in [0.25, 0.3) is 10.9 Å². The van der Waals surface area contributed by atoms with Crippen molar-refractivity contribution >= 4 is 50.3 Å². The van der Waals surface area contributed by atoms with E-state index in [1.54, 1.807) is 0 Å². The van der Waals surface area contributed by atoms with E-state index < -0.39 is 0 Å². The topological polar surface area (TPSA) is 82.2 Å². The Morgan fingerprint density at radius 1 is 1.06 bits per heavy atom. The molecule has 7 nitrogen and oxygen atoms in total. The number of halogens is 1. The molecule has 0 aliphatic heterocycles. The Labute approximate surface area is 209 Å². The van der Waals surface area contributed by atoms with Gasteiger partial charge in [0.25, 0.3) is 0 Å². The minimum absolute atomic E-state index is 0.144. The smallest absolute Gasteiger partial charge is 0.319 e. The molecule has 1 aliphatic rings. The van der Waals surface area contributed by atoms with Gasteiger partial charge in [-0.25, -0.2) is 9.78 Å². The first-order chi connectivity index (χ1) is 16.3. The lowest BCUT2D eigenvalue weighted by Gasteiger charge is -2.29. The van der Waals surface area contributed by atoms with E-state index in [1.807, 2.05) is 63.2 Å². The summed E-state index contributed by atoms with van der Waals surface area (Å²) < 4.78 is 1.02. The number of hydrogen-bond donors (Lipinski definition) is 3. The lowest BCUT2D eigenvalue weighted by molar-refractivity contribution is 0.246. The van der Waals surface area contributed by atoms with Gasteiger partial charge >= 0.3 is 6.03 Å². The molecule has 2 aromatic carbocycles. The van der Waals surface area contributed by atoms with Gasteiger partial charge in [0, 0.05) is 42.2 Å². The van der Waals surface area contributed by atoms with Crippen LogP contribution in [0.5, 0.6) is 0 Å². The molecule has 3 aromatic rings. The summed E-state index contributed by atoms with van der Waals surface area (Å²) in [6.07, 6.45) is 4.18. The van der Waals surface area contributed by atoms with Crippen molar-refractivity contribution < 1.29 is 4.79 Å². The van der Waals surface area contributed by atoms with Gasteiger partial charge in [0.2, 0.25) is 5.95 Å². The van der Waals surface area contributed by atoms with Gasteiger partial charge in [-0.1, -0.05) is 28.1 Å². The first-order valence-electron chi connectivity index (χ1n) is 11.8. The Bertz CT molecular complexity index is 1150. The molecule has 1 saturated carbocycles. The number of amides is 2. The standard InChI is InChI=1S/C26H33BrN6O/c1-16-13-19(27)14-17(2)23(16)31-26(34)28-15-18-9-11-20(12-10-18)29-25-30-22-8-6-5-7-21(22)24(32-25)33(3)4/h5-8,13-14,18,20H,9-12,15H2,1-4H3,(H2,28,31,34)(H,29,30,32). The molecular formula is C26H33BrN6O. The van der Waals surface area contributed by atoms with Crippen molar-refractivity contribution in [1.29, 1.82) is 0 Å². The molecule has 8 heteroatoms. The molecule has 1 aliphatic carbocycles. The number of para-hydroxylation sites is 1. The molecule has 2 amide bonds. The maximum absolute atomic E-state index is 12.5. The van der Waals surface area contributed by atoms with Crippen molar-refractivity contribution in [1.82, 2.24) is 15.3 Å². The summed E-state index contributed by atoms with van der Waals surface area (Å²) in [6.45, 7) is 4.69. The van der Waals surface area contributed by atoms with Crippen LogP contribution in [0.4, 0.5) is 22.2 Å². The number of nitrogens with one attached hydrogen (secondary N) is 3. The summed E-state index contributed by atoms with van der Waals surface area (Å²) in [6, 6.07) is 12.3. The van der Waals surface area contributed by atoms with Crippen molar-refractivity contribution in [3.63, 3.8) is 0 Å². The van der Waals surface area contributed by atoms with E-state index in [0.29, 0.717) is 24.5 Å². The molecule has 0 spiro atoms. The maximum Gasteiger partial charge on any atom is 0.319 e. The Morgan fingerprint density at radius 2 is 1.74 bits per heavy atom. The highest BCUT2D eigenvalue weighted by Crippen LogP contribution is 2.29. The lowest BCUT2D eigenvalue weighted by atomic mass is 9.86. The number of hydrogen-bond acceptors (Lipinski definition) is 5. The molecule has 34 heavy (non-hydrogen) atoms. The van der Waals surface area contributed by atoms with Gasteiger partial charge in [-0.15, -0.1) is 0 Å². The number of fused-ring (bicyclic) bond motifs is 1. The third kappa shape index (κ3) is 5.78. The normalized spacial score (nSPS) is 17.9. The summed E-state index contributed by atoms with van der Waals surface area (Å²) in [7, 11) is 4.01. The zero-order chi connectivity index (χ0) is 24.2. The van der Waals surface area contributed by atoms with Crippen LogP contribution in [0, 0.1) is 19.8 Å². The third-order valence-electron chi connectivity index (χ3n) is 6.47. The summed E-state index contributed by atoms with van der Waals surface area (Å²) in [4.78, 5) is 24.0. The molecule has 180 valence electrons. The van der Waals surface area contributed by atoms with E-state index in [-0.39, 0.29) is 6.03 Å². The molecule has 0 atom stereocenters. The Kier molecular flexibility index (Phi) is 7.56. The second-order valence-electron chi connectivity index (χ2n) is 9.39. The molecule has 3 N–H and O–H groups in total. The second kappa shape index (κ2) is 10.6. The number of anilines is 3. The molecular weight excluding hydrogens is 492 g/mol. The van der Waals surface area contributed by atoms with Crippen LogP contribution in [-0.4, -0.2) is 42.7 Å². The van der Waals surface area contributed by atoms with Crippen molar-refractivity contribution in [3.05, 3.63) is 52.0 Å². The predicted molar refractivity (Wildman–Crippen MR) is 144 cm³/mol. The van der Waals surface area contributed by atoms with E-state index in [2.05, 4.69) is 37.9 Å². The number of benzene rings is 2. The Hall–Kier alpha value is -2.87. The van der Waals surface area contributed by atoms with E-state index in [0.717, 1.165) is 63.7 Å². The van der Waals surface area contributed by atoms with E-state index >= 15 is 0 Å². The minimum Gasteiger partial charge on any atom is -0.362 e. The van der Waals surface area contributed by atoms with Crippen LogP contribution >= 0.6 is 15.9 Å². The first kappa shape index (κ1) is 24.3. The minimum atomic E-state index is -0.144. The number of carbonyl (C=O) groups is 1. The molecule has 1 fully saturated rings. The Balaban J connectivity index is 1.28. The van der Waals surface area contributed by atoms with Crippen molar-refractivity contribution in [2.75, 3.05) is 36.2 Å². The van der Waals surface area contributed by atoms with Crippen molar-refractivity contribution in [2.24, 2.45) is 5.92 Å². The number of rotatable bonds is 6. The van der Waals surface area contributed by atoms with Crippen LogP contribution in [0.15, 0.2) is 40.9 Å². The fourth-order valence-corrected chi connectivity index (χ4v) is 5.35. The number of carbonyl (C=O) groups excluding carboxylic acids is 1. The van der Waals surface area contributed by atoms with Crippen LogP contribution < -0.4 is 20.9 Å². The number of aromatic nitrogens is 2. The zero-order valence-corrected chi connectivity index (χ0v) is 21.9. The predicted octanol–water partition coefficient (Wildman–Crippen LogP) is 5.87. The number of urea groups is 1. The van der Waals surface area contributed by atoms with Crippen LogP contribution in [0.2, 0.25) is 0 Å². The van der Waals surface area contributed by atoms with Crippen LogP contribution in [0.1, 0.15) is 36.8 Å². The molecule has 0 radical (unpaired) electrons. The number of nitrogens with zero attached hydrogens (tertiary/aromatic N) is 3. The van der Waals surface area contributed by atoms with Gasteiger partial charge in [-0.2, -0.15) is 4.98 Å².